The Morgan fingerprint density at radius 2 is 2.05 bits per heavy atom. The van der Waals surface area contributed by atoms with Gasteiger partial charge in [-0.15, -0.1) is 6.58 Å². The minimum absolute atomic E-state index is 0.0973. The number of benzene rings is 1. The van der Waals surface area contributed by atoms with Crippen molar-refractivity contribution in [3.05, 3.63) is 71.5 Å². The molecule has 4 heteroatoms. The predicted molar refractivity (Wildman–Crippen MR) is 80.3 cm³/mol. The summed E-state index contributed by atoms with van der Waals surface area (Å²) < 4.78 is 0.782. The van der Waals surface area contributed by atoms with Gasteiger partial charge in [0.05, 0.1) is 5.56 Å². The fraction of sp³-hybridized carbons (Fsp3) is 0.0667. The van der Waals surface area contributed by atoms with Crippen molar-refractivity contribution in [2.75, 3.05) is 11.4 Å². The number of hydrogen-bond donors (Lipinski definition) is 0. The van der Waals surface area contributed by atoms with Crippen molar-refractivity contribution < 1.29 is 4.79 Å². The number of pyridine rings is 1. The molecule has 0 fully saturated rings. The average molecular weight is 317 g/mol. The van der Waals surface area contributed by atoms with Crippen LogP contribution < -0.4 is 4.90 Å². The summed E-state index contributed by atoms with van der Waals surface area (Å²) in [6, 6.07) is 11.3. The van der Waals surface area contributed by atoms with E-state index in [0.717, 1.165) is 10.2 Å². The van der Waals surface area contributed by atoms with Gasteiger partial charge in [0.15, 0.2) is 0 Å². The van der Waals surface area contributed by atoms with Gasteiger partial charge in [0.2, 0.25) is 0 Å². The van der Waals surface area contributed by atoms with Crippen LogP contribution in [-0.4, -0.2) is 17.4 Å². The van der Waals surface area contributed by atoms with Crippen LogP contribution in [0.2, 0.25) is 0 Å². The Bertz CT molecular complexity index is 584. The highest BCUT2D eigenvalue weighted by molar-refractivity contribution is 9.10. The van der Waals surface area contributed by atoms with Crippen LogP contribution in [0, 0.1) is 0 Å². The molecule has 96 valence electrons. The van der Waals surface area contributed by atoms with Crippen molar-refractivity contribution in [2.45, 2.75) is 0 Å². The first kappa shape index (κ1) is 13.5. The standard InChI is InChI=1S/C15H13BrN2O/c1-2-8-18(14-6-4-3-5-7-14)15(19)12-9-13(16)11-17-10-12/h2-7,9-11H,1,8H2. The van der Waals surface area contributed by atoms with Crippen LogP contribution in [0.1, 0.15) is 10.4 Å². The van der Waals surface area contributed by atoms with Crippen molar-refractivity contribution >= 4 is 27.5 Å². The van der Waals surface area contributed by atoms with Crippen LogP contribution in [0.5, 0.6) is 0 Å². The lowest BCUT2D eigenvalue weighted by Crippen LogP contribution is -2.31. The summed E-state index contributed by atoms with van der Waals surface area (Å²) in [7, 11) is 0. The second-order valence-electron chi connectivity index (χ2n) is 3.93. The fourth-order valence-corrected chi connectivity index (χ4v) is 2.09. The van der Waals surface area contributed by atoms with E-state index in [1.165, 1.54) is 0 Å². The maximum atomic E-state index is 12.5. The first-order valence-electron chi connectivity index (χ1n) is 5.80. The highest BCUT2D eigenvalue weighted by Gasteiger charge is 2.16. The van der Waals surface area contributed by atoms with Gasteiger partial charge in [0, 0.05) is 29.1 Å². The zero-order chi connectivity index (χ0) is 13.7. The van der Waals surface area contributed by atoms with Crippen LogP contribution in [0.4, 0.5) is 5.69 Å². The van der Waals surface area contributed by atoms with Gasteiger partial charge < -0.3 is 4.90 Å². The number of rotatable bonds is 4. The highest BCUT2D eigenvalue weighted by Crippen LogP contribution is 2.18. The second-order valence-corrected chi connectivity index (χ2v) is 4.85. The summed E-state index contributed by atoms with van der Waals surface area (Å²) in [4.78, 5) is 18.2. The van der Waals surface area contributed by atoms with Gasteiger partial charge >= 0.3 is 0 Å². The third-order valence-corrected chi connectivity index (χ3v) is 3.01. The molecular weight excluding hydrogens is 304 g/mol. The second kappa shape index (κ2) is 6.29. The molecule has 2 aromatic rings. The molecule has 0 radical (unpaired) electrons. The Labute approximate surface area is 120 Å². The van der Waals surface area contributed by atoms with E-state index in [-0.39, 0.29) is 5.91 Å². The topological polar surface area (TPSA) is 33.2 Å². The molecule has 3 nitrogen and oxygen atoms in total. The van der Waals surface area contributed by atoms with E-state index in [0.29, 0.717) is 12.1 Å². The summed E-state index contributed by atoms with van der Waals surface area (Å²) in [5.41, 5.74) is 1.38. The van der Waals surface area contributed by atoms with Crippen molar-refractivity contribution in [3.8, 4) is 0 Å². The predicted octanol–water partition coefficient (Wildman–Crippen LogP) is 3.68. The lowest BCUT2D eigenvalue weighted by molar-refractivity contribution is 0.0989. The first-order chi connectivity index (χ1) is 9.22. The number of aromatic nitrogens is 1. The van der Waals surface area contributed by atoms with E-state index in [9.17, 15) is 4.79 Å². The SMILES string of the molecule is C=CCN(C(=O)c1cncc(Br)c1)c1ccccc1. The lowest BCUT2D eigenvalue weighted by Gasteiger charge is -2.21. The maximum absolute atomic E-state index is 12.5. The van der Waals surface area contributed by atoms with E-state index >= 15 is 0 Å². The monoisotopic (exact) mass is 316 g/mol. The Kier molecular flexibility index (Phi) is 4.47. The molecule has 0 spiro atoms. The van der Waals surface area contributed by atoms with E-state index < -0.39 is 0 Å². The molecule has 2 rings (SSSR count). The Hall–Kier alpha value is -1.94. The van der Waals surface area contributed by atoms with E-state index in [1.54, 1.807) is 29.4 Å². The third kappa shape index (κ3) is 3.29. The van der Waals surface area contributed by atoms with Gasteiger partial charge in [-0.2, -0.15) is 0 Å². The number of carbonyl (C=O) groups is 1. The quantitative estimate of drug-likeness (QED) is 0.806. The maximum Gasteiger partial charge on any atom is 0.260 e. The van der Waals surface area contributed by atoms with Crippen LogP contribution in [0.3, 0.4) is 0 Å². The molecule has 0 saturated heterocycles. The van der Waals surface area contributed by atoms with E-state index in [1.807, 2.05) is 30.3 Å². The number of amides is 1. The zero-order valence-corrected chi connectivity index (χ0v) is 11.9. The highest BCUT2D eigenvalue weighted by atomic mass is 79.9. The summed E-state index contributed by atoms with van der Waals surface area (Å²) in [5, 5.41) is 0. The summed E-state index contributed by atoms with van der Waals surface area (Å²) in [5.74, 6) is -0.0973. The summed E-state index contributed by atoms with van der Waals surface area (Å²) in [6.07, 6.45) is 4.92. The van der Waals surface area contributed by atoms with Gasteiger partial charge in [0.1, 0.15) is 0 Å². The molecule has 1 heterocycles. The summed E-state index contributed by atoms with van der Waals surface area (Å²) >= 11 is 3.32. The Balaban J connectivity index is 2.34. The molecule has 0 unspecified atom stereocenters. The van der Waals surface area contributed by atoms with E-state index in [2.05, 4.69) is 27.5 Å². The number of anilines is 1. The molecule has 0 aliphatic carbocycles. The zero-order valence-electron chi connectivity index (χ0n) is 10.3. The fourth-order valence-electron chi connectivity index (χ4n) is 1.73. The lowest BCUT2D eigenvalue weighted by atomic mass is 10.2. The smallest absolute Gasteiger partial charge is 0.260 e. The average Bonchev–Trinajstić information content (AvgIpc) is 2.45. The van der Waals surface area contributed by atoms with Crippen molar-refractivity contribution in [1.82, 2.24) is 4.98 Å². The molecule has 19 heavy (non-hydrogen) atoms. The first-order valence-corrected chi connectivity index (χ1v) is 6.60. The minimum Gasteiger partial charge on any atom is -0.305 e. The molecule has 1 amide bonds. The number of carbonyl (C=O) groups excluding carboxylic acids is 1. The largest absolute Gasteiger partial charge is 0.305 e. The molecular formula is C15H13BrN2O. The van der Waals surface area contributed by atoms with Gasteiger partial charge in [0.25, 0.3) is 5.91 Å². The van der Waals surface area contributed by atoms with Gasteiger partial charge in [-0.05, 0) is 34.1 Å². The molecule has 0 atom stereocenters. The van der Waals surface area contributed by atoms with Crippen LogP contribution in [0.15, 0.2) is 65.9 Å². The minimum atomic E-state index is -0.0973. The van der Waals surface area contributed by atoms with Crippen LogP contribution >= 0.6 is 15.9 Å². The van der Waals surface area contributed by atoms with E-state index in [4.69, 9.17) is 0 Å². The van der Waals surface area contributed by atoms with Crippen LogP contribution in [-0.2, 0) is 0 Å². The number of nitrogens with zero attached hydrogens (tertiary/aromatic N) is 2. The van der Waals surface area contributed by atoms with Crippen molar-refractivity contribution in [1.29, 1.82) is 0 Å². The Morgan fingerprint density at radius 1 is 1.32 bits per heavy atom. The molecule has 1 aromatic carbocycles. The summed E-state index contributed by atoms with van der Waals surface area (Å²) in [6.45, 7) is 4.15. The Morgan fingerprint density at radius 3 is 2.68 bits per heavy atom. The molecule has 0 aliphatic heterocycles. The number of halogens is 1. The van der Waals surface area contributed by atoms with Crippen LogP contribution in [0.25, 0.3) is 0 Å². The molecule has 0 bridgehead atoms. The van der Waals surface area contributed by atoms with Gasteiger partial charge in [-0.3, -0.25) is 9.78 Å². The van der Waals surface area contributed by atoms with Gasteiger partial charge in [-0.1, -0.05) is 24.3 Å². The number of hydrogen-bond acceptors (Lipinski definition) is 2. The number of para-hydroxylation sites is 1. The third-order valence-electron chi connectivity index (χ3n) is 2.58. The molecule has 0 aliphatic rings. The molecule has 0 N–H and O–H groups in total. The molecule has 1 aromatic heterocycles. The molecule has 0 saturated carbocycles. The normalized spacial score (nSPS) is 9.95. The van der Waals surface area contributed by atoms with Gasteiger partial charge in [-0.25, -0.2) is 0 Å². The van der Waals surface area contributed by atoms with Crippen molar-refractivity contribution in [2.24, 2.45) is 0 Å². The van der Waals surface area contributed by atoms with Crippen molar-refractivity contribution in [3.63, 3.8) is 0 Å².